The maximum atomic E-state index is 9.45. The summed E-state index contributed by atoms with van der Waals surface area (Å²) in [5.41, 5.74) is 0. The number of nitrogens with zero attached hydrogens (tertiary/aromatic N) is 1. The molecule has 1 rings (SSSR count). The molecule has 14 heavy (non-hydrogen) atoms. The fourth-order valence-corrected chi connectivity index (χ4v) is 2.05. The molecule has 1 aliphatic carbocycles. The van der Waals surface area contributed by atoms with Crippen molar-refractivity contribution < 1.29 is 5.11 Å². The Balaban J connectivity index is 1.98. The minimum atomic E-state index is -0.0744. The molecule has 0 aromatic heterocycles. The van der Waals surface area contributed by atoms with Crippen molar-refractivity contribution in [3.8, 4) is 6.07 Å². The van der Waals surface area contributed by atoms with E-state index >= 15 is 0 Å². The molecule has 0 aromatic carbocycles. The third kappa shape index (κ3) is 4.59. The summed E-state index contributed by atoms with van der Waals surface area (Å²) >= 11 is 0. The molecule has 2 unspecified atom stereocenters. The fourth-order valence-electron chi connectivity index (χ4n) is 2.05. The molecule has 3 nitrogen and oxygen atoms in total. The highest BCUT2D eigenvalue weighted by atomic mass is 16.3. The largest absolute Gasteiger partial charge is 0.393 e. The van der Waals surface area contributed by atoms with E-state index in [2.05, 4.69) is 11.4 Å². The quantitative estimate of drug-likeness (QED) is 0.654. The summed E-state index contributed by atoms with van der Waals surface area (Å²) in [7, 11) is 0. The average Bonchev–Trinajstić information content (AvgIpc) is 2.18. The number of rotatable bonds is 5. The molecule has 3 heteroatoms. The minimum absolute atomic E-state index is 0.0744. The number of nitriles is 1. The van der Waals surface area contributed by atoms with Gasteiger partial charge in [0.1, 0.15) is 0 Å². The van der Waals surface area contributed by atoms with Crippen LogP contribution in [0, 0.1) is 17.2 Å². The Morgan fingerprint density at radius 3 is 3.00 bits per heavy atom. The average molecular weight is 196 g/mol. The summed E-state index contributed by atoms with van der Waals surface area (Å²) in [5, 5.41) is 21.1. The predicted molar refractivity (Wildman–Crippen MR) is 55.7 cm³/mol. The van der Waals surface area contributed by atoms with Crippen molar-refractivity contribution in [2.75, 3.05) is 13.1 Å². The van der Waals surface area contributed by atoms with Gasteiger partial charge in [-0.3, -0.25) is 0 Å². The minimum Gasteiger partial charge on any atom is -0.393 e. The first-order valence-electron chi connectivity index (χ1n) is 5.58. The number of hydrogen-bond acceptors (Lipinski definition) is 3. The van der Waals surface area contributed by atoms with Crippen LogP contribution in [0.2, 0.25) is 0 Å². The van der Waals surface area contributed by atoms with E-state index in [9.17, 15) is 5.11 Å². The molecule has 0 spiro atoms. The SMILES string of the molecule is N#CCCCNCC1CCCC(O)C1. The molecular weight excluding hydrogens is 176 g/mol. The van der Waals surface area contributed by atoms with Crippen LogP contribution < -0.4 is 5.32 Å². The zero-order valence-electron chi connectivity index (χ0n) is 8.71. The highest BCUT2D eigenvalue weighted by molar-refractivity contribution is 4.74. The molecule has 0 aromatic rings. The lowest BCUT2D eigenvalue weighted by molar-refractivity contribution is 0.101. The summed E-state index contributed by atoms with van der Waals surface area (Å²) in [6.45, 7) is 1.93. The van der Waals surface area contributed by atoms with Crippen molar-refractivity contribution in [2.45, 2.75) is 44.6 Å². The lowest BCUT2D eigenvalue weighted by atomic mass is 9.87. The van der Waals surface area contributed by atoms with Crippen molar-refractivity contribution in [3.05, 3.63) is 0 Å². The Labute approximate surface area is 86.1 Å². The van der Waals surface area contributed by atoms with Gasteiger partial charge in [-0.2, -0.15) is 5.26 Å². The van der Waals surface area contributed by atoms with E-state index in [0.717, 1.165) is 38.8 Å². The van der Waals surface area contributed by atoms with Gasteiger partial charge in [-0.1, -0.05) is 6.42 Å². The van der Waals surface area contributed by atoms with E-state index in [-0.39, 0.29) is 6.10 Å². The second-order valence-corrected chi connectivity index (χ2v) is 4.15. The third-order valence-corrected chi connectivity index (χ3v) is 2.83. The standard InChI is InChI=1S/C11H20N2O/c12-6-1-2-7-13-9-10-4-3-5-11(14)8-10/h10-11,13-14H,1-5,7-9H2. The first kappa shape index (κ1) is 11.5. The van der Waals surface area contributed by atoms with Gasteiger partial charge in [0.05, 0.1) is 12.2 Å². The van der Waals surface area contributed by atoms with Crippen molar-refractivity contribution in [1.29, 1.82) is 5.26 Å². The Morgan fingerprint density at radius 2 is 2.29 bits per heavy atom. The normalized spacial score (nSPS) is 27.1. The topological polar surface area (TPSA) is 56.0 Å². The predicted octanol–water partition coefficient (Wildman–Crippen LogP) is 1.43. The van der Waals surface area contributed by atoms with E-state index in [4.69, 9.17) is 5.26 Å². The molecule has 0 saturated heterocycles. The molecule has 2 N–H and O–H groups in total. The van der Waals surface area contributed by atoms with E-state index in [1.54, 1.807) is 0 Å². The second kappa shape index (κ2) is 6.80. The van der Waals surface area contributed by atoms with E-state index in [1.165, 1.54) is 6.42 Å². The van der Waals surface area contributed by atoms with Gasteiger partial charge >= 0.3 is 0 Å². The molecule has 2 atom stereocenters. The number of nitrogens with one attached hydrogen (secondary N) is 1. The van der Waals surface area contributed by atoms with Gasteiger partial charge in [0.25, 0.3) is 0 Å². The first-order valence-corrected chi connectivity index (χ1v) is 5.58. The van der Waals surface area contributed by atoms with Crippen molar-refractivity contribution in [1.82, 2.24) is 5.32 Å². The lowest BCUT2D eigenvalue weighted by Gasteiger charge is -2.25. The maximum absolute atomic E-state index is 9.45. The highest BCUT2D eigenvalue weighted by Crippen LogP contribution is 2.23. The van der Waals surface area contributed by atoms with Crippen LogP contribution in [0.3, 0.4) is 0 Å². The van der Waals surface area contributed by atoms with Crippen LogP contribution in [0.15, 0.2) is 0 Å². The highest BCUT2D eigenvalue weighted by Gasteiger charge is 2.19. The summed E-state index contributed by atoms with van der Waals surface area (Å²) < 4.78 is 0. The molecule has 80 valence electrons. The van der Waals surface area contributed by atoms with Gasteiger partial charge in [0.2, 0.25) is 0 Å². The van der Waals surface area contributed by atoms with Crippen molar-refractivity contribution in [3.63, 3.8) is 0 Å². The zero-order valence-corrected chi connectivity index (χ0v) is 8.71. The monoisotopic (exact) mass is 196 g/mol. The van der Waals surface area contributed by atoms with Gasteiger partial charge in [-0.25, -0.2) is 0 Å². The van der Waals surface area contributed by atoms with Crippen LogP contribution in [-0.4, -0.2) is 24.3 Å². The molecule has 0 amide bonds. The van der Waals surface area contributed by atoms with Crippen LogP contribution in [0.5, 0.6) is 0 Å². The number of aliphatic hydroxyl groups is 1. The van der Waals surface area contributed by atoms with Gasteiger partial charge in [-0.05, 0) is 44.7 Å². The van der Waals surface area contributed by atoms with Gasteiger partial charge in [0.15, 0.2) is 0 Å². The number of aliphatic hydroxyl groups excluding tert-OH is 1. The molecule has 1 saturated carbocycles. The second-order valence-electron chi connectivity index (χ2n) is 4.15. The van der Waals surface area contributed by atoms with Gasteiger partial charge in [0, 0.05) is 6.42 Å². The molecule has 1 fully saturated rings. The smallest absolute Gasteiger partial charge is 0.0622 e. The zero-order chi connectivity index (χ0) is 10.2. The van der Waals surface area contributed by atoms with Crippen LogP contribution >= 0.6 is 0 Å². The molecule has 0 bridgehead atoms. The lowest BCUT2D eigenvalue weighted by Crippen LogP contribution is -2.29. The van der Waals surface area contributed by atoms with Gasteiger partial charge in [-0.15, -0.1) is 0 Å². The first-order chi connectivity index (χ1) is 6.83. The van der Waals surface area contributed by atoms with E-state index < -0.39 is 0 Å². The number of hydrogen-bond donors (Lipinski definition) is 2. The molecule has 0 aliphatic heterocycles. The fraction of sp³-hybridized carbons (Fsp3) is 0.909. The molecular formula is C11H20N2O. The molecule has 0 radical (unpaired) electrons. The summed E-state index contributed by atoms with van der Waals surface area (Å²) in [5.74, 6) is 0.640. The molecule has 1 aliphatic rings. The van der Waals surface area contributed by atoms with Crippen LogP contribution in [0.1, 0.15) is 38.5 Å². The molecule has 0 heterocycles. The van der Waals surface area contributed by atoms with Gasteiger partial charge < -0.3 is 10.4 Å². The summed E-state index contributed by atoms with van der Waals surface area (Å²) in [6, 6.07) is 2.13. The Kier molecular flexibility index (Phi) is 5.58. The Hall–Kier alpha value is -0.590. The third-order valence-electron chi connectivity index (χ3n) is 2.83. The van der Waals surface area contributed by atoms with Crippen LogP contribution in [0.25, 0.3) is 0 Å². The van der Waals surface area contributed by atoms with E-state index in [1.807, 2.05) is 0 Å². The summed E-state index contributed by atoms with van der Waals surface area (Å²) in [6.07, 6.45) is 5.82. The maximum Gasteiger partial charge on any atom is 0.0622 e. The van der Waals surface area contributed by atoms with Crippen LogP contribution in [0.4, 0.5) is 0 Å². The van der Waals surface area contributed by atoms with E-state index in [0.29, 0.717) is 12.3 Å². The Morgan fingerprint density at radius 1 is 1.43 bits per heavy atom. The van der Waals surface area contributed by atoms with Crippen molar-refractivity contribution >= 4 is 0 Å². The Bertz CT molecular complexity index is 188. The van der Waals surface area contributed by atoms with Crippen molar-refractivity contribution in [2.24, 2.45) is 5.92 Å². The van der Waals surface area contributed by atoms with Crippen LogP contribution in [-0.2, 0) is 0 Å². The number of unbranched alkanes of at least 4 members (excludes halogenated alkanes) is 1. The summed E-state index contributed by atoms with van der Waals surface area (Å²) in [4.78, 5) is 0.